The number of halogens is 3. The van der Waals surface area contributed by atoms with Gasteiger partial charge in [0.1, 0.15) is 6.10 Å². The van der Waals surface area contributed by atoms with Crippen LogP contribution in [0.2, 0.25) is 0 Å². The molecule has 9 heteroatoms. The molecule has 0 aromatic carbocycles. The van der Waals surface area contributed by atoms with E-state index in [0.29, 0.717) is 0 Å². The van der Waals surface area contributed by atoms with E-state index in [1.165, 1.54) is 12.3 Å². The maximum absolute atomic E-state index is 11.6. The zero-order chi connectivity index (χ0) is 14.8. The van der Waals surface area contributed by atoms with Gasteiger partial charge in [-0.3, -0.25) is 4.79 Å². The summed E-state index contributed by atoms with van der Waals surface area (Å²) in [5, 5.41) is 19.2. The van der Waals surface area contributed by atoms with Crippen LogP contribution in [-0.2, 0) is 9.53 Å². The largest absolute Gasteiger partial charge is 0.467 e. The Morgan fingerprint density at radius 3 is 2.42 bits per heavy atom. The van der Waals surface area contributed by atoms with Gasteiger partial charge >= 0.3 is 5.97 Å². The Morgan fingerprint density at radius 1 is 1.37 bits per heavy atom. The molecule has 0 fully saturated rings. The molecule has 2 atom stereocenters. The minimum absolute atomic E-state index is 0.0777. The second kappa shape index (κ2) is 6.11. The van der Waals surface area contributed by atoms with Crippen LogP contribution < -0.4 is 0 Å². The van der Waals surface area contributed by atoms with E-state index in [1.54, 1.807) is 0 Å². The number of aliphatic hydroxyl groups is 2. The molecular formula is C10H10Cl3NO5. The Bertz CT molecular complexity index is 482. The number of ketones is 1. The SMILES string of the molecule is COC(=O)C(O)C(O)c1c[nH]c(C(=O)C(Cl)(Cl)Cl)c1. The summed E-state index contributed by atoms with van der Waals surface area (Å²) < 4.78 is 2.13. The highest BCUT2D eigenvalue weighted by atomic mass is 35.6. The number of carbonyl (C=O) groups excluding carboxylic acids is 2. The van der Waals surface area contributed by atoms with Gasteiger partial charge in [0, 0.05) is 11.8 Å². The molecule has 106 valence electrons. The molecule has 0 bridgehead atoms. The van der Waals surface area contributed by atoms with Gasteiger partial charge in [-0.15, -0.1) is 0 Å². The predicted octanol–water partition coefficient (Wildman–Crippen LogP) is 1.13. The Kier molecular flexibility index (Phi) is 5.23. The highest BCUT2D eigenvalue weighted by Gasteiger charge is 2.34. The van der Waals surface area contributed by atoms with Gasteiger partial charge in [-0.25, -0.2) is 4.79 Å². The van der Waals surface area contributed by atoms with Crippen molar-refractivity contribution in [2.75, 3.05) is 7.11 Å². The molecule has 0 saturated heterocycles. The fourth-order valence-electron chi connectivity index (χ4n) is 1.30. The van der Waals surface area contributed by atoms with Crippen LogP contribution in [0.5, 0.6) is 0 Å². The smallest absolute Gasteiger partial charge is 0.337 e. The quantitative estimate of drug-likeness (QED) is 0.437. The van der Waals surface area contributed by atoms with Crippen LogP contribution in [0.3, 0.4) is 0 Å². The van der Waals surface area contributed by atoms with Gasteiger partial charge < -0.3 is 19.9 Å². The number of H-pyrrole nitrogens is 1. The van der Waals surface area contributed by atoms with Crippen molar-refractivity contribution in [1.82, 2.24) is 4.98 Å². The number of aliphatic hydroxyl groups excluding tert-OH is 2. The van der Waals surface area contributed by atoms with Gasteiger partial charge in [0.05, 0.1) is 12.8 Å². The maximum Gasteiger partial charge on any atom is 0.337 e. The highest BCUT2D eigenvalue weighted by molar-refractivity contribution is 6.77. The summed E-state index contributed by atoms with van der Waals surface area (Å²) in [5.41, 5.74) is 0.00150. The first-order chi connectivity index (χ1) is 8.68. The number of carbonyl (C=O) groups is 2. The molecule has 1 aromatic rings. The van der Waals surface area contributed by atoms with E-state index in [0.717, 1.165) is 7.11 Å². The lowest BCUT2D eigenvalue weighted by molar-refractivity contribution is -0.156. The molecule has 2 unspecified atom stereocenters. The molecule has 0 spiro atoms. The third-order valence-electron chi connectivity index (χ3n) is 2.29. The van der Waals surface area contributed by atoms with Gasteiger partial charge in [-0.1, -0.05) is 34.8 Å². The van der Waals surface area contributed by atoms with E-state index in [-0.39, 0.29) is 11.3 Å². The van der Waals surface area contributed by atoms with E-state index in [2.05, 4.69) is 9.72 Å². The summed E-state index contributed by atoms with van der Waals surface area (Å²) in [6.45, 7) is 0. The molecule has 0 aliphatic heterocycles. The molecule has 6 nitrogen and oxygen atoms in total. The van der Waals surface area contributed by atoms with Gasteiger partial charge in [0.15, 0.2) is 6.10 Å². The number of aromatic nitrogens is 1. The number of Topliss-reactive ketones (excluding diaryl/α,β-unsaturated/α-hetero) is 1. The second-order valence-corrected chi connectivity index (χ2v) is 5.87. The Balaban J connectivity index is 2.91. The van der Waals surface area contributed by atoms with Gasteiger partial charge in [-0.2, -0.15) is 0 Å². The van der Waals surface area contributed by atoms with Crippen molar-refractivity contribution in [3.63, 3.8) is 0 Å². The summed E-state index contributed by atoms with van der Waals surface area (Å²) in [5.74, 6) is -1.84. The normalized spacial score (nSPS) is 14.8. The number of alkyl halides is 3. The van der Waals surface area contributed by atoms with Crippen molar-refractivity contribution in [2.24, 2.45) is 0 Å². The molecule has 1 rings (SSSR count). The number of hydrogen-bond acceptors (Lipinski definition) is 5. The number of aromatic amines is 1. The summed E-state index contributed by atoms with van der Waals surface area (Å²) in [7, 11) is 1.06. The number of methoxy groups -OCH3 is 1. The minimum Gasteiger partial charge on any atom is -0.467 e. The van der Waals surface area contributed by atoms with E-state index in [4.69, 9.17) is 34.8 Å². The van der Waals surface area contributed by atoms with Crippen LogP contribution in [-0.4, -0.2) is 44.0 Å². The number of hydrogen-bond donors (Lipinski definition) is 3. The third kappa shape index (κ3) is 3.84. The summed E-state index contributed by atoms with van der Waals surface area (Å²) in [4.78, 5) is 25.1. The molecule has 19 heavy (non-hydrogen) atoms. The zero-order valence-electron chi connectivity index (χ0n) is 9.56. The second-order valence-electron chi connectivity index (χ2n) is 3.59. The topological polar surface area (TPSA) is 99.6 Å². The predicted molar refractivity (Wildman–Crippen MR) is 68.4 cm³/mol. The lowest BCUT2D eigenvalue weighted by Crippen LogP contribution is -2.28. The van der Waals surface area contributed by atoms with Crippen LogP contribution in [0.1, 0.15) is 22.2 Å². The number of ether oxygens (including phenoxy) is 1. The molecule has 3 N–H and O–H groups in total. The zero-order valence-corrected chi connectivity index (χ0v) is 11.8. The fraction of sp³-hybridized carbons (Fsp3) is 0.400. The molecule has 0 amide bonds. The van der Waals surface area contributed by atoms with Gasteiger partial charge in [0.2, 0.25) is 5.78 Å². The first kappa shape index (κ1) is 16.3. The van der Waals surface area contributed by atoms with Gasteiger partial charge in [0.25, 0.3) is 3.79 Å². The summed E-state index contributed by atoms with van der Waals surface area (Å²) >= 11 is 16.3. The third-order valence-corrected chi connectivity index (χ3v) is 2.81. The van der Waals surface area contributed by atoms with Crippen LogP contribution in [0.15, 0.2) is 12.3 Å². The van der Waals surface area contributed by atoms with Gasteiger partial charge in [-0.05, 0) is 6.07 Å². The van der Waals surface area contributed by atoms with Crippen LogP contribution in [0.25, 0.3) is 0 Å². The molecule has 0 saturated carbocycles. The monoisotopic (exact) mass is 329 g/mol. The van der Waals surface area contributed by atoms with Crippen molar-refractivity contribution in [1.29, 1.82) is 0 Å². The number of rotatable bonds is 4. The van der Waals surface area contributed by atoms with Crippen molar-refractivity contribution < 1.29 is 24.5 Å². The maximum atomic E-state index is 11.6. The standard InChI is InChI=1S/C10H10Cl3NO5/c1-19-9(18)7(16)6(15)4-2-5(14-3-4)8(17)10(11,12)13/h2-3,6-7,14-16H,1H3. The molecule has 1 aromatic heterocycles. The molecule has 0 radical (unpaired) electrons. The highest BCUT2D eigenvalue weighted by Crippen LogP contribution is 2.31. The minimum atomic E-state index is -2.14. The lowest BCUT2D eigenvalue weighted by Gasteiger charge is -2.14. The average molecular weight is 331 g/mol. The molecular weight excluding hydrogens is 320 g/mol. The Labute approximate surface area is 123 Å². The first-order valence-corrected chi connectivity index (χ1v) is 6.05. The van der Waals surface area contributed by atoms with Crippen molar-refractivity contribution in [3.05, 3.63) is 23.5 Å². The number of esters is 1. The molecule has 1 heterocycles. The Hall–Kier alpha value is -0.790. The van der Waals surface area contributed by atoms with Crippen molar-refractivity contribution >= 4 is 46.6 Å². The van der Waals surface area contributed by atoms with Crippen molar-refractivity contribution in [2.45, 2.75) is 16.0 Å². The summed E-state index contributed by atoms with van der Waals surface area (Å²) in [6, 6.07) is 1.17. The number of nitrogens with one attached hydrogen (secondary N) is 1. The fourth-order valence-corrected chi connectivity index (χ4v) is 1.60. The Morgan fingerprint density at radius 2 is 1.95 bits per heavy atom. The van der Waals surface area contributed by atoms with Crippen molar-refractivity contribution in [3.8, 4) is 0 Å². The van der Waals surface area contributed by atoms with E-state index < -0.39 is 27.8 Å². The first-order valence-electron chi connectivity index (χ1n) is 4.92. The summed E-state index contributed by atoms with van der Waals surface area (Å²) in [6.07, 6.45) is -2.14. The lowest BCUT2D eigenvalue weighted by atomic mass is 10.1. The van der Waals surface area contributed by atoms with E-state index in [9.17, 15) is 19.8 Å². The average Bonchev–Trinajstić information content (AvgIpc) is 2.83. The van der Waals surface area contributed by atoms with Crippen LogP contribution in [0.4, 0.5) is 0 Å². The molecule has 0 aliphatic carbocycles. The van der Waals surface area contributed by atoms with E-state index in [1.807, 2.05) is 0 Å². The van der Waals surface area contributed by atoms with Crippen LogP contribution in [0, 0.1) is 0 Å². The molecule has 0 aliphatic rings. The van der Waals surface area contributed by atoms with Crippen LogP contribution >= 0.6 is 34.8 Å². The van der Waals surface area contributed by atoms with E-state index >= 15 is 0 Å².